The first-order valence-electron chi connectivity index (χ1n) is 12.1. The molecule has 13 heteroatoms. The van der Waals surface area contributed by atoms with E-state index in [1.165, 1.54) is 32.2 Å². The number of hydrogen-bond donors (Lipinski definition) is 2. The van der Waals surface area contributed by atoms with Gasteiger partial charge in [0.15, 0.2) is 0 Å². The van der Waals surface area contributed by atoms with Crippen molar-refractivity contribution in [3.05, 3.63) is 70.0 Å². The van der Waals surface area contributed by atoms with E-state index in [2.05, 4.69) is 5.43 Å². The van der Waals surface area contributed by atoms with Crippen LogP contribution in [0, 0.1) is 18.7 Å². The average molecular weight is 564 g/mol. The van der Waals surface area contributed by atoms with Crippen LogP contribution in [0.5, 0.6) is 0 Å². The van der Waals surface area contributed by atoms with Crippen LogP contribution < -0.4 is 11.2 Å². The van der Waals surface area contributed by atoms with Crippen molar-refractivity contribution in [1.82, 2.24) is 10.3 Å². The van der Waals surface area contributed by atoms with Crippen molar-refractivity contribution in [1.29, 1.82) is 0 Å². The lowest BCUT2D eigenvalue weighted by Crippen LogP contribution is -2.70. The van der Waals surface area contributed by atoms with E-state index < -0.39 is 63.6 Å². The number of quaternary nitrogens is 1. The summed E-state index contributed by atoms with van der Waals surface area (Å²) < 4.78 is 93.9. The molecule has 39 heavy (non-hydrogen) atoms. The number of nitrogens with two attached hydrogens (primary N) is 1. The molecule has 0 bridgehead atoms. The first-order chi connectivity index (χ1) is 17.9. The zero-order valence-electron chi connectivity index (χ0n) is 21.8. The summed E-state index contributed by atoms with van der Waals surface area (Å²) in [7, 11) is 1.23. The Kier molecular flexibility index (Phi) is 8.26. The Morgan fingerprint density at radius 1 is 1.05 bits per heavy atom. The highest BCUT2D eigenvalue weighted by Crippen LogP contribution is 2.43. The number of rotatable bonds is 3. The van der Waals surface area contributed by atoms with Gasteiger partial charge < -0.3 is 5.73 Å². The third-order valence-electron chi connectivity index (χ3n) is 7.35. The van der Waals surface area contributed by atoms with Crippen molar-refractivity contribution in [2.75, 3.05) is 13.6 Å². The van der Waals surface area contributed by atoms with Gasteiger partial charge in [-0.15, -0.1) is 4.59 Å². The van der Waals surface area contributed by atoms with Gasteiger partial charge in [-0.25, -0.2) is 14.0 Å². The SMILES string of the molecule is Cc1cc(F)ccc1[C@H]1C[C@@H](C)CC[N+]1(NC(N)=O)C(=O)N(C)[C@H](C)c1cc(C(F)(F)F)cc(C(F)(F)F)c1. The van der Waals surface area contributed by atoms with Crippen LogP contribution in [-0.2, 0) is 12.4 Å². The van der Waals surface area contributed by atoms with Crippen LogP contribution in [0.1, 0.15) is 66.6 Å². The minimum Gasteiger partial charge on any atom is -0.348 e. The molecule has 3 N–H and O–H groups in total. The topological polar surface area (TPSA) is 75.4 Å². The van der Waals surface area contributed by atoms with Crippen molar-refractivity contribution in [2.45, 2.75) is 58.0 Å². The quantitative estimate of drug-likeness (QED) is 0.317. The third-order valence-corrected chi connectivity index (χ3v) is 7.35. The molecule has 1 heterocycles. The van der Waals surface area contributed by atoms with Gasteiger partial charge in [-0.2, -0.15) is 31.8 Å². The number of carbonyl (C=O) groups excluding carboxylic acids is 2. The predicted molar refractivity (Wildman–Crippen MR) is 128 cm³/mol. The number of hydrogen-bond acceptors (Lipinski definition) is 2. The summed E-state index contributed by atoms with van der Waals surface area (Å²) in [5.74, 6) is -0.433. The maximum absolute atomic E-state index is 14.1. The Morgan fingerprint density at radius 3 is 2.10 bits per heavy atom. The van der Waals surface area contributed by atoms with Gasteiger partial charge in [0.25, 0.3) is 0 Å². The van der Waals surface area contributed by atoms with Crippen LogP contribution in [0.15, 0.2) is 36.4 Å². The van der Waals surface area contributed by atoms with Crippen LogP contribution in [0.4, 0.5) is 40.3 Å². The molecule has 0 spiro atoms. The lowest BCUT2D eigenvalue weighted by Gasteiger charge is -2.47. The Labute approximate surface area is 221 Å². The standard InChI is InChI=1S/C26H29F7N4O2/c1-14-7-8-37(35-23(34)38,22(9-14)21-6-5-20(27)10-15(21)2)24(39)36(4)16(3)17-11-18(25(28,29)30)13-19(12-17)26(31,32)33/h5-6,10-14,16,22H,7-9H2,1-4H3,(H2-,34,35,38)/p+1/t14-,16+,22+,37?/m0/s1. The molecule has 1 saturated heterocycles. The first kappa shape index (κ1) is 30.2. The maximum atomic E-state index is 14.1. The number of aryl methyl sites for hydroxylation is 1. The van der Waals surface area contributed by atoms with Gasteiger partial charge >= 0.3 is 24.4 Å². The summed E-state index contributed by atoms with van der Waals surface area (Å²) in [5, 5.41) is 0. The van der Waals surface area contributed by atoms with E-state index in [4.69, 9.17) is 5.73 Å². The van der Waals surface area contributed by atoms with E-state index >= 15 is 0 Å². The lowest BCUT2D eigenvalue weighted by molar-refractivity contribution is -0.925. The largest absolute Gasteiger partial charge is 0.444 e. The summed E-state index contributed by atoms with van der Waals surface area (Å²) in [6, 6.07) is 1.24. The van der Waals surface area contributed by atoms with Crippen molar-refractivity contribution < 1.29 is 44.9 Å². The number of amides is 4. The number of alkyl halides is 6. The number of benzene rings is 2. The fourth-order valence-electron chi connectivity index (χ4n) is 5.13. The number of nitrogens with zero attached hydrogens (tertiary/aromatic N) is 2. The zero-order chi connectivity index (χ0) is 29.5. The number of nitrogens with one attached hydrogen (secondary N) is 1. The highest BCUT2D eigenvalue weighted by molar-refractivity contribution is 5.74. The zero-order valence-corrected chi connectivity index (χ0v) is 21.8. The van der Waals surface area contributed by atoms with Crippen molar-refractivity contribution in [3.63, 3.8) is 0 Å². The van der Waals surface area contributed by atoms with Crippen molar-refractivity contribution >= 4 is 12.1 Å². The Balaban J connectivity index is 2.13. The van der Waals surface area contributed by atoms with Crippen molar-refractivity contribution in [2.24, 2.45) is 11.7 Å². The molecule has 0 aliphatic carbocycles. The van der Waals surface area contributed by atoms with Crippen LogP contribution in [0.3, 0.4) is 0 Å². The molecule has 1 unspecified atom stereocenters. The monoisotopic (exact) mass is 563 g/mol. The second kappa shape index (κ2) is 10.7. The molecule has 0 radical (unpaired) electrons. The molecule has 4 atom stereocenters. The fraction of sp³-hybridized carbons (Fsp3) is 0.462. The number of carbonyl (C=O) groups is 2. The van der Waals surface area contributed by atoms with Gasteiger partial charge in [0.05, 0.1) is 17.2 Å². The van der Waals surface area contributed by atoms with E-state index in [-0.39, 0.29) is 18.5 Å². The molecule has 214 valence electrons. The van der Waals surface area contributed by atoms with Gasteiger partial charge in [0.1, 0.15) is 18.4 Å². The second-order valence-electron chi connectivity index (χ2n) is 10.1. The molecule has 2 aromatic carbocycles. The molecule has 1 fully saturated rings. The molecule has 4 amide bonds. The highest BCUT2D eigenvalue weighted by atomic mass is 19.4. The molecule has 2 aromatic rings. The van der Waals surface area contributed by atoms with Crippen LogP contribution in [0.25, 0.3) is 0 Å². The van der Waals surface area contributed by atoms with Crippen LogP contribution >= 0.6 is 0 Å². The van der Waals surface area contributed by atoms with E-state index in [9.17, 15) is 40.3 Å². The molecule has 6 nitrogen and oxygen atoms in total. The van der Waals surface area contributed by atoms with Crippen LogP contribution in [0.2, 0.25) is 0 Å². The van der Waals surface area contributed by atoms with E-state index in [1.54, 1.807) is 6.92 Å². The summed E-state index contributed by atoms with van der Waals surface area (Å²) in [6.45, 7) is 4.90. The lowest BCUT2D eigenvalue weighted by atomic mass is 9.85. The van der Waals surface area contributed by atoms with E-state index in [0.717, 1.165) is 4.90 Å². The summed E-state index contributed by atoms with van der Waals surface area (Å²) in [6.07, 6.45) is -9.31. The number of likely N-dealkylation sites (tertiary alicyclic amines) is 1. The minimum absolute atomic E-state index is 0.0140. The normalized spacial score (nSPS) is 22.7. The molecule has 0 aromatic heterocycles. The molecule has 0 saturated carbocycles. The molecule has 1 aliphatic rings. The number of primary amides is 1. The summed E-state index contributed by atoms with van der Waals surface area (Å²) in [5.41, 5.74) is 5.59. The number of piperidine rings is 1. The molecular weight excluding hydrogens is 533 g/mol. The summed E-state index contributed by atoms with van der Waals surface area (Å²) >= 11 is 0. The molecular formula is C26H30F7N4O2+. The van der Waals surface area contributed by atoms with Gasteiger partial charge in [0.2, 0.25) is 0 Å². The Morgan fingerprint density at radius 2 is 1.62 bits per heavy atom. The first-order valence-corrected chi connectivity index (χ1v) is 12.1. The molecule has 3 rings (SSSR count). The van der Waals surface area contributed by atoms with Crippen molar-refractivity contribution in [3.8, 4) is 0 Å². The van der Waals surface area contributed by atoms with E-state index in [0.29, 0.717) is 36.1 Å². The molecule has 1 aliphatic heterocycles. The van der Waals surface area contributed by atoms with Gasteiger partial charge in [-0.3, -0.25) is 4.90 Å². The van der Waals surface area contributed by atoms with Gasteiger partial charge in [0, 0.05) is 25.5 Å². The summed E-state index contributed by atoms with van der Waals surface area (Å²) in [4.78, 5) is 27.3. The third kappa shape index (κ3) is 6.29. The van der Waals surface area contributed by atoms with Crippen LogP contribution in [-0.4, -0.2) is 35.1 Å². The average Bonchev–Trinajstić information content (AvgIpc) is 2.82. The Bertz CT molecular complexity index is 1220. The minimum atomic E-state index is -5.06. The maximum Gasteiger partial charge on any atom is 0.444 e. The highest BCUT2D eigenvalue weighted by Gasteiger charge is 2.53. The van der Waals surface area contributed by atoms with Gasteiger partial charge in [-0.1, -0.05) is 6.92 Å². The predicted octanol–water partition coefficient (Wildman–Crippen LogP) is 6.86. The smallest absolute Gasteiger partial charge is 0.348 e. The Hall–Kier alpha value is -3.35. The van der Waals surface area contributed by atoms with Gasteiger partial charge in [-0.05, 0) is 67.3 Å². The number of urea groups is 2. The fourth-order valence-corrected chi connectivity index (χ4v) is 5.13. The number of halogens is 7. The second-order valence-corrected chi connectivity index (χ2v) is 10.1. The van der Waals surface area contributed by atoms with E-state index in [1.807, 2.05) is 6.92 Å².